The molecule has 0 fully saturated rings. The van der Waals surface area contributed by atoms with E-state index in [4.69, 9.17) is 25.9 Å². The molecule has 0 bridgehead atoms. The van der Waals surface area contributed by atoms with E-state index in [2.05, 4.69) is 27.9 Å². The summed E-state index contributed by atoms with van der Waals surface area (Å²) in [7, 11) is 0. The third-order valence-corrected chi connectivity index (χ3v) is 5.91. The Kier molecular flexibility index (Phi) is 10.9. The summed E-state index contributed by atoms with van der Waals surface area (Å²) in [5, 5.41) is 4.01. The molecule has 0 aliphatic carbocycles. The van der Waals surface area contributed by atoms with Gasteiger partial charge < -0.3 is 30.8 Å². The third-order valence-electron chi connectivity index (χ3n) is 5.91. The maximum Gasteiger partial charge on any atom is 0.222 e. The number of rotatable bonds is 17. The number of imidazole rings is 1. The van der Waals surface area contributed by atoms with E-state index in [0.29, 0.717) is 38.6 Å². The standard InChI is InChI=1S/C26H38N6O4/c1-2-3-10-22-31-24-25(19-8-4-5-9-20(19)30-26(24)28)32(22)14-7-6-13-29-23(34)12-16-36-18-17-35-15-11-21(27)33/h4-5,8-9H,2-3,6-7,10-18H2,1H3,(H2,27,33)(H2,28,30)(H,29,34). The molecular formula is C26H38N6O4. The Morgan fingerprint density at radius 2 is 1.75 bits per heavy atom. The lowest BCUT2D eigenvalue weighted by Crippen LogP contribution is -2.26. The molecule has 0 unspecified atom stereocenters. The van der Waals surface area contributed by atoms with Crippen molar-refractivity contribution in [3.8, 4) is 0 Å². The number of nitrogens with two attached hydrogens (primary N) is 2. The molecule has 3 aromatic rings. The molecule has 10 nitrogen and oxygen atoms in total. The van der Waals surface area contributed by atoms with E-state index in [-0.39, 0.29) is 18.9 Å². The van der Waals surface area contributed by atoms with E-state index in [0.717, 1.165) is 66.4 Å². The molecule has 0 spiro atoms. The molecule has 0 aliphatic heterocycles. The number of aromatic nitrogens is 3. The molecule has 0 aliphatic rings. The van der Waals surface area contributed by atoms with Crippen LogP contribution in [0.5, 0.6) is 0 Å². The number of nitrogens with zero attached hydrogens (tertiary/aromatic N) is 3. The fourth-order valence-electron chi connectivity index (χ4n) is 4.04. The zero-order valence-electron chi connectivity index (χ0n) is 21.1. The summed E-state index contributed by atoms with van der Waals surface area (Å²) < 4.78 is 12.9. The van der Waals surface area contributed by atoms with E-state index in [1.54, 1.807) is 0 Å². The second-order valence-electron chi connectivity index (χ2n) is 8.74. The smallest absolute Gasteiger partial charge is 0.222 e. The molecule has 2 aromatic heterocycles. The molecular weight excluding hydrogens is 460 g/mol. The fourth-order valence-corrected chi connectivity index (χ4v) is 4.04. The first-order chi connectivity index (χ1) is 17.5. The third kappa shape index (κ3) is 7.89. The quantitative estimate of drug-likeness (QED) is 0.242. The summed E-state index contributed by atoms with van der Waals surface area (Å²) in [6.07, 6.45) is 5.30. The van der Waals surface area contributed by atoms with Gasteiger partial charge in [-0.2, -0.15) is 0 Å². The minimum absolute atomic E-state index is 0.0359. The number of anilines is 1. The van der Waals surface area contributed by atoms with Gasteiger partial charge in [-0.25, -0.2) is 9.97 Å². The molecule has 196 valence electrons. The highest BCUT2D eigenvalue weighted by molar-refractivity contribution is 6.06. The highest BCUT2D eigenvalue weighted by Crippen LogP contribution is 2.29. The first-order valence-electron chi connectivity index (χ1n) is 12.7. The van der Waals surface area contributed by atoms with Crippen LogP contribution in [0.3, 0.4) is 0 Å². The number of nitrogens with one attached hydrogen (secondary N) is 1. The van der Waals surface area contributed by atoms with E-state index >= 15 is 0 Å². The van der Waals surface area contributed by atoms with Crippen molar-refractivity contribution in [1.82, 2.24) is 19.9 Å². The lowest BCUT2D eigenvalue weighted by Gasteiger charge is -2.11. The number of carbonyl (C=O) groups is 2. The number of amides is 2. The van der Waals surface area contributed by atoms with Crippen LogP contribution in [0.1, 0.15) is 51.3 Å². The number of hydrogen-bond acceptors (Lipinski definition) is 7. The zero-order valence-corrected chi connectivity index (χ0v) is 21.1. The summed E-state index contributed by atoms with van der Waals surface area (Å²) in [5.41, 5.74) is 14.0. The summed E-state index contributed by atoms with van der Waals surface area (Å²) in [6, 6.07) is 8.03. The van der Waals surface area contributed by atoms with Crippen molar-refractivity contribution < 1.29 is 19.1 Å². The number of nitrogen functional groups attached to an aromatic ring is 1. The van der Waals surface area contributed by atoms with Gasteiger partial charge in [0.05, 0.1) is 37.5 Å². The van der Waals surface area contributed by atoms with Crippen molar-refractivity contribution in [2.75, 3.05) is 38.7 Å². The number of primary amides is 1. The number of aryl methyl sites for hydroxylation is 2. The van der Waals surface area contributed by atoms with Crippen LogP contribution in [0.15, 0.2) is 24.3 Å². The second-order valence-corrected chi connectivity index (χ2v) is 8.74. The maximum absolute atomic E-state index is 12.1. The lowest BCUT2D eigenvalue weighted by atomic mass is 10.2. The van der Waals surface area contributed by atoms with E-state index in [9.17, 15) is 9.59 Å². The first kappa shape index (κ1) is 27.3. The summed E-state index contributed by atoms with van der Waals surface area (Å²) in [4.78, 5) is 32.1. The van der Waals surface area contributed by atoms with Gasteiger partial charge in [-0.1, -0.05) is 31.5 Å². The predicted molar refractivity (Wildman–Crippen MR) is 140 cm³/mol. The number of unbranched alkanes of at least 4 members (excludes halogenated alkanes) is 2. The Bertz CT molecular complexity index is 1150. The van der Waals surface area contributed by atoms with Crippen molar-refractivity contribution in [2.24, 2.45) is 5.73 Å². The number of fused-ring (bicyclic) bond motifs is 3. The normalized spacial score (nSPS) is 11.4. The van der Waals surface area contributed by atoms with Gasteiger partial charge in [0.15, 0.2) is 5.82 Å². The Hall–Kier alpha value is -3.24. The topological polar surface area (TPSA) is 147 Å². The monoisotopic (exact) mass is 498 g/mol. The van der Waals surface area contributed by atoms with Crippen molar-refractivity contribution >= 4 is 39.6 Å². The molecule has 2 amide bonds. The van der Waals surface area contributed by atoms with Crippen LogP contribution in [-0.2, 0) is 32.0 Å². The summed E-state index contributed by atoms with van der Waals surface area (Å²) in [6.45, 7) is 4.94. The number of hydrogen-bond donors (Lipinski definition) is 3. The van der Waals surface area contributed by atoms with Gasteiger partial charge in [0.25, 0.3) is 0 Å². The largest absolute Gasteiger partial charge is 0.382 e. The van der Waals surface area contributed by atoms with Gasteiger partial charge in [0.2, 0.25) is 11.8 Å². The Labute approximate surface area is 211 Å². The van der Waals surface area contributed by atoms with Crippen LogP contribution in [0, 0.1) is 0 Å². The van der Waals surface area contributed by atoms with Crippen molar-refractivity contribution in [3.63, 3.8) is 0 Å². The number of ether oxygens (including phenoxy) is 2. The summed E-state index contributed by atoms with van der Waals surface area (Å²) in [5.74, 6) is 1.08. The van der Waals surface area contributed by atoms with Crippen molar-refractivity contribution in [1.29, 1.82) is 0 Å². The number of carbonyl (C=O) groups excluding carboxylic acids is 2. The highest BCUT2D eigenvalue weighted by Gasteiger charge is 2.16. The molecule has 3 rings (SSSR count). The molecule has 1 aromatic carbocycles. The number of pyridine rings is 1. The summed E-state index contributed by atoms with van der Waals surface area (Å²) >= 11 is 0. The molecule has 0 radical (unpaired) electrons. The van der Waals surface area contributed by atoms with Gasteiger partial charge >= 0.3 is 0 Å². The zero-order chi connectivity index (χ0) is 25.8. The minimum atomic E-state index is -0.390. The van der Waals surface area contributed by atoms with Gasteiger partial charge in [0.1, 0.15) is 11.3 Å². The fraction of sp³-hybridized carbons (Fsp3) is 0.538. The van der Waals surface area contributed by atoms with Crippen LogP contribution in [0.25, 0.3) is 21.9 Å². The van der Waals surface area contributed by atoms with Gasteiger partial charge in [0, 0.05) is 37.7 Å². The molecule has 36 heavy (non-hydrogen) atoms. The SMILES string of the molecule is CCCCc1nc2c(N)nc3ccccc3c2n1CCCCNC(=O)CCOCCOCCC(N)=O. The first-order valence-corrected chi connectivity index (χ1v) is 12.7. The average Bonchev–Trinajstić information content (AvgIpc) is 3.23. The van der Waals surface area contributed by atoms with Crippen LogP contribution in [0.4, 0.5) is 5.82 Å². The molecule has 2 heterocycles. The van der Waals surface area contributed by atoms with E-state index < -0.39 is 5.91 Å². The van der Waals surface area contributed by atoms with Crippen LogP contribution in [0.2, 0.25) is 0 Å². The van der Waals surface area contributed by atoms with Crippen LogP contribution in [-0.4, -0.2) is 59.3 Å². The molecule has 0 saturated heterocycles. The molecule has 0 saturated carbocycles. The van der Waals surface area contributed by atoms with Crippen LogP contribution >= 0.6 is 0 Å². The number of para-hydroxylation sites is 1. The maximum atomic E-state index is 12.1. The van der Waals surface area contributed by atoms with E-state index in [1.165, 1.54) is 0 Å². The lowest BCUT2D eigenvalue weighted by molar-refractivity contribution is -0.122. The second kappa shape index (κ2) is 14.4. The molecule has 10 heteroatoms. The Morgan fingerprint density at radius 1 is 1.00 bits per heavy atom. The van der Waals surface area contributed by atoms with Crippen molar-refractivity contribution in [2.45, 2.75) is 58.4 Å². The Morgan fingerprint density at radius 3 is 2.50 bits per heavy atom. The molecule has 0 atom stereocenters. The highest BCUT2D eigenvalue weighted by atomic mass is 16.5. The average molecular weight is 499 g/mol. The predicted octanol–water partition coefficient (Wildman–Crippen LogP) is 2.70. The van der Waals surface area contributed by atoms with Crippen molar-refractivity contribution in [3.05, 3.63) is 30.1 Å². The van der Waals surface area contributed by atoms with Gasteiger partial charge in [-0.3, -0.25) is 9.59 Å². The minimum Gasteiger partial charge on any atom is -0.382 e. The van der Waals surface area contributed by atoms with Gasteiger partial charge in [-0.15, -0.1) is 0 Å². The van der Waals surface area contributed by atoms with Crippen LogP contribution < -0.4 is 16.8 Å². The Balaban J connectivity index is 1.45. The van der Waals surface area contributed by atoms with Gasteiger partial charge in [-0.05, 0) is 25.3 Å². The van der Waals surface area contributed by atoms with E-state index in [1.807, 2.05) is 18.2 Å². The molecule has 5 N–H and O–H groups in total. The number of benzene rings is 1.